The smallest absolute Gasteiger partial charge is 0.164 e. The minimum absolute atomic E-state index is 0.848. The molecular formula is C21H15NOS. The summed E-state index contributed by atoms with van der Waals surface area (Å²) in [5.41, 5.74) is 4.50. The third-order valence-corrected chi connectivity index (χ3v) is 5.77. The summed E-state index contributed by atoms with van der Waals surface area (Å²) in [5, 5.41) is 4.41. The quantitative estimate of drug-likeness (QED) is 0.352. The van der Waals surface area contributed by atoms with E-state index < -0.39 is 0 Å². The molecule has 0 unspecified atom stereocenters. The summed E-state index contributed by atoms with van der Waals surface area (Å²) in [6.45, 7) is 4.24. The first-order valence-corrected chi connectivity index (χ1v) is 8.81. The van der Waals surface area contributed by atoms with Gasteiger partial charge in [-0.05, 0) is 36.4 Å². The maximum Gasteiger partial charge on any atom is 0.164 e. The lowest BCUT2D eigenvalue weighted by Gasteiger charge is -1.96. The van der Waals surface area contributed by atoms with E-state index in [2.05, 4.69) is 62.4 Å². The largest absolute Gasteiger partial charge is 0.453 e. The molecule has 2 aromatic heterocycles. The second kappa shape index (κ2) is 4.92. The third-order valence-electron chi connectivity index (χ3n) is 4.56. The SMILES string of the molecule is Cc1ccc(C)c2sc(-c3cc4ccc5ccccc5c4o3)nc12. The van der Waals surface area contributed by atoms with E-state index in [9.17, 15) is 0 Å². The first kappa shape index (κ1) is 13.8. The van der Waals surface area contributed by atoms with Gasteiger partial charge in [-0.1, -0.05) is 48.5 Å². The van der Waals surface area contributed by atoms with Crippen LogP contribution < -0.4 is 0 Å². The van der Waals surface area contributed by atoms with Gasteiger partial charge in [-0.2, -0.15) is 0 Å². The van der Waals surface area contributed by atoms with Crippen molar-refractivity contribution in [3.05, 3.63) is 65.7 Å². The van der Waals surface area contributed by atoms with Crippen molar-refractivity contribution in [1.29, 1.82) is 0 Å². The average Bonchev–Trinajstić information content (AvgIpc) is 3.23. The number of aromatic nitrogens is 1. The van der Waals surface area contributed by atoms with Crippen LogP contribution in [0.25, 0.3) is 42.7 Å². The van der Waals surface area contributed by atoms with Gasteiger partial charge < -0.3 is 4.42 Å². The molecule has 0 amide bonds. The predicted molar refractivity (Wildman–Crippen MR) is 102 cm³/mol. The fourth-order valence-electron chi connectivity index (χ4n) is 3.24. The second-order valence-electron chi connectivity index (χ2n) is 6.21. The molecule has 3 heteroatoms. The van der Waals surface area contributed by atoms with E-state index in [0.717, 1.165) is 32.6 Å². The number of furan rings is 1. The Morgan fingerprint density at radius 3 is 2.54 bits per heavy atom. The highest BCUT2D eigenvalue weighted by molar-refractivity contribution is 7.21. The molecule has 0 N–H and O–H groups in total. The number of rotatable bonds is 1. The fraction of sp³-hybridized carbons (Fsp3) is 0.0952. The highest BCUT2D eigenvalue weighted by atomic mass is 32.1. The van der Waals surface area contributed by atoms with Gasteiger partial charge in [0.25, 0.3) is 0 Å². The van der Waals surface area contributed by atoms with Crippen LogP contribution in [-0.4, -0.2) is 4.98 Å². The Morgan fingerprint density at radius 2 is 1.67 bits per heavy atom. The molecule has 5 rings (SSSR count). The van der Waals surface area contributed by atoms with Crippen LogP contribution in [0.15, 0.2) is 59.0 Å². The Balaban J connectivity index is 1.79. The lowest BCUT2D eigenvalue weighted by atomic mass is 10.1. The molecule has 0 atom stereocenters. The van der Waals surface area contributed by atoms with Gasteiger partial charge in [0.05, 0.1) is 10.2 Å². The first-order chi connectivity index (χ1) is 11.7. The summed E-state index contributed by atoms with van der Waals surface area (Å²) in [6.07, 6.45) is 0. The minimum Gasteiger partial charge on any atom is -0.453 e. The van der Waals surface area contributed by atoms with Gasteiger partial charge in [0, 0.05) is 10.8 Å². The van der Waals surface area contributed by atoms with E-state index in [1.165, 1.54) is 21.2 Å². The Bertz CT molecular complexity index is 1190. The van der Waals surface area contributed by atoms with Gasteiger partial charge in [-0.3, -0.25) is 0 Å². The van der Waals surface area contributed by atoms with Gasteiger partial charge in [-0.25, -0.2) is 4.98 Å². The van der Waals surface area contributed by atoms with Crippen LogP contribution in [0.2, 0.25) is 0 Å². The van der Waals surface area contributed by atoms with Gasteiger partial charge in [-0.15, -0.1) is 11.3 Å². The molecule has 0 saturated heterocycles. The van der Waals surface area contributed by atoms with E-state index in [1.807, 2.05) is 6.07 Å². The Kier molecular flexibility index (Phi) is 2.82. The Labute approximate surface area is 143 Å². The lowest BCUT2D eigenvalue weighted by Crippen LogP contribution is -1.78. The number of fused-ring (bicyclic) bond motifs is 4. The van der Waals surface area contributed by atoms with Gasteiger partial charge >= 0.3 is 0 Å². The summed E-state index contributed by atoms with van der Waals surface area (Å²) in [6, 6.07) is 19.0. The number of nitrogens with zero attached hydrogens (tertiary/aromatic N) is 1. The molecule has 116 valence electrons. The predicted octanol–water partition coefficient (Wildman–Crippen LogP) is 6.48. The van der Waals surface area contributed by atoms with Crippen LogP contribution in [0.3, 0.4) is 0 Å². The van der Waals surface area contributed by atoms with Gasteiger partial charge in [0.15, 0.2) is 10.8 Å². The van der Waals surface area contributed by atoms with Crippen LogP contribution in [0.1, 0.15) is 11.1 Å². The van der Waals surface area contributed by atoms with Crippen LogP contribution in [0.5, 0.6) is 0 Å². The van der Waals surface area contributed by atoms with Gasteiger partial charge in [0.1, 0.15) is 5.58 Å². The van der Waals surface area contributed by atoms with E-state index in [1.54, 1.807) is 11.3 Å². The zero-order chi connectivity index (χ0) is 16.3. The maximum absolute atomic E-state index is 6.22. The van der Waals surface area contributed by atoms with Crippen LogP contribution in [0, 0.1) is 13.8 Å². The normalized spacial score (nSPS) is 11.8. The zero-order valence-corrected chi connectivity index (χ0v) is 14.3. The molecule has 0 spiro atoms. The Morgan fingerprint density at radius 1 is 0.875 bits per heavy atom. The second-order valence-corrected chi connectivity index (χ2v) is 7.21. The summed E-state index contributed by atoms with van der Waals surface area (Å²) < 4.78 is 7.47. The summed E-state index contributed by atoms with van der Waals surface area (Å²) in [5.74, 6) is 0.848. The minimum atomic E-state index is 0.848. The van der Waals surface area contributed by atoms with E-state index >= 15 is 0 Å². The molecule has 0 aliphatic rings. The molecule has 5 aromatic rings. The Hall–Kier alpha value is -2.65. The number of hydrogen-bond donors (Lipinski definition) is 0. The third kappa shape index (κ3) is 1.91. The molecule has 2 heterocycles. The fourth-order valence-corrected chi connectivity index (χ4v) is 4.30. The molecular weight excluding hydrogens is 314 g/mol. The molecule has 0 bridgehead atoms. The van der Waals surface area contributed by atoms with Crippen molar-refractivity contribution in [2.75, 3.05) is 0 Å². The number of aryl methyl sites for hydroxylation is 2. The maximum atomic E-state index is 6.22. The van der Waals surface area contributed by atoms with Crippen molar-refractivity contribution in [3.8, 4) is 10.8 Å². The van der Waals surface area contributed by atoms with Crippen molar-refractivity contribution < 1.29 is 4.42 Å². The standard InChI is InChI=1S/C21H15NOS/c1-12-7-8-13(2)20-18(12)22-21(24-20)17-11-15-10-9-14-5-3-4-6-16(14)19(15)23-17/h3-11H,1-2H3. The summed E-state index contributed by atoms with van der Waals surface area (Å²) in [7, 11) is 0. The number of benzene rings is 3. The molecule has 0 fully saturated rings. The topological polar surface area (TPSA) is 26.0 Å². The highest BCUT2D eigenvalue weighted by Crippen LogP contribution is 2.37. The van der Waals surface area contributed by atoms with Crippen LogP contribution in [0.4, 0.5) is 0 Å². The van der Waals surface area contributed by atoms with E-state index in [4.69, 9.17) is 9.40 Å². The summed E-state index contributed by atoms with van der Waals surface area (Å²) in [4.78, 5) is 4.84. The van der Waals surface area contributed by atoms with E-state index in [-0.39, 0.29) is 0 Å². The van der Waals surface area contributed by atoms with Crippen molar-refractivity contribution in [3.63, 3.8) is 0 Å². The highest BCUT2D eigenvalue weighted by Gasteiger charge is 2.15. The molecule has 24 heavy (non-hydrogen) atoms. The lowest BCUT2D eigenvalue weighted by molar-refractivity contribution is 0.634. The number of thiazole rings is 1. The number of hydrogen-bond acceptors (Lipinski definition) is 3. The monoisotopic (exact) mass is 329 g/mol. The average molecular weight is 329 g/mol. The van der Waals surface area contributed by atoms with Crippen molar-refractivity contribution in [2.45, 2.75) is 13.8 Å². The zero-order valence-electron chi connectivity index (χ0n) is 13.5. The molecule has 0 aliphatic carbocycles. The van der Waals surface area contributed by atoms with Crippen molar-refractivity contribution in [2.24, 2.45) is 0 Å². The van der Waals surface area contributed by atoms with Gasteiger partial charge in [0.2, 0.25) is 0 Å². The molecule has 0 saturated carbocycles. The van der Waals surface area contributed by atoms with Crippen molar-refractivity contribution in [1.82, 2.24) is 4.98 Å². The molecule has 0 radical (unpaired) electrons. The van der Waals surface area contributed by atoms with Crippen LogP contribution in [-0.2, 0) is 0 Å². The van der Waals surface area contributed by atoms with Crippen LogP contribution >= 0.6 is 11.3 Å². The molecule has 2 nitrogen and oxygen atoms in total. The first-order valence-electron chi connectivity index (χ1n) is 7.99. The van der Waals surface area contributed by atoms with Crippen molar-refractivity contribution >= 4 is 43.3 Å². The summed E-state index contributed by atoms with van der Waals surface area (Å²) >= 11 is 1.71. The molecule has 3 aromatic carbocycles. The van der Waals surface area contributed by atoms with E-state index in [0.29, 0.717) is 0 Å². The molecule has 0 aliphatic heterocycles.